The van der Waals surface area contributed by atoms with Crippen molar-refractivity contribution < 1.29 is 36.7 Å². The zero-order chi connectivity index (χ0) is 29.6. The highest BCUT2D eigenvalue weighted by Gasteiger charge is 2.41. The van der Waals surface area contributed by atoms with Gasteiger partial charge in [-0.1, -0.05) is 12.1 Å². The summed E-state index contributed by atoms with van der Waals surface area (Å²) in [7, 11) is -1.43. The van der Waals surface area contributed by atoms with Gasteiger partial charge in [0.05, 0.1) is 24.7 Å². The molecule has 2 N–H and O–H groups in total. The summed E-state index contributed by atoms with van der Waals surface area (Å²) in [6.45, 7) is -0.329. The number of ether oxygens (including phenoxy) is 2. The molecule has 1 heterocycles. The number of sulfonamides is 1. The van der Waals surface area contributed by atoms with E-state index in [1.807, 2.05) is 0 Å². The molecule has 3 amide bonds. The molecule has 41 heavy (non-hydrogen) atoms. The molecule has 13 heteroatoms. The molecule has 0 aliphatic carbocycles. The van der Waals surface area contributed by atoms with Crippen LogP contribution < -0.4 is 15.4 Å². The standard InChI is InChI=1S/C28H29FN4O7S/c1-39-23-5-3-4-19(16-23)17-30-26(34)25-18-32(28(36)31-22-10-6-20(7-11-22)27(35)40-2)14-15-33(25)41(37,38)24-12-8-21(29)9-13-24/h3-13,16,25H,14-15,17-18H2,1-2H3,(H,30,34)(H,31,36). The molecule has 1 aliphatic rings. The molecule has 1 saturated heterocycles. The highest BCUT2D eigenvalue weighted by Crippen LogP contribution is 2.23. The number of nitrogens with one attached hydrogen (secondary N) is 2. The smallest absolute Gasteiger partial charge is 0.337 e. The maximum absolute atomic E-state index is 13.5. The summed E-state index contributed by atoms with van der Waals surface area (Å²) in [5.41, 5.74) is 1.42. The van der Waals surface area contributed by atoms with E-state index in [2.05, 4.69) is 15.4 Å². The first kappa shape index (κ1) is 29.5. The lowest BCUT2D eigenvalue weighted by atomic mass is 10.1. The van der Waals surface area contributed by atoms with Gasteiger partial charge >= 0.3 is 12.0 Å². The molecule has 216 valence electrons. The lowest BCUT2D eigenvalue weighted by Crippen LogP contribution is -2.61. The second-order valence-electron chi connectivity index (χ2n) is 9.10. The van der Waals surface area contributed by atoms with Crippen molar-refractivity contribution in [3.05, 3.63) is 89.7 Å². The van der Waals surface area contributed by atoms with Crippen molar-refractivity contribution in [3.63, 3.8) is 0 Å². The van der Waals surface area contributed by atoms with Gasteiger partial charge in [0.2, 0.25) is 15.9 Å². The van der Waals surface area contributed by atoms with Crippen LogP contribution in [0.1, 0.15) is 15.9 Å². The van der Waals surface area contributed by atoms with Crippen molar-refractivity contribution in [2.75, 3.05) is 39.2 Å². The van der Waals surface area contributed by atoms with Gasteiger partial charge in [-0.15, -0.1) is 0 Å². The van der Waals surface area contributed by atoms with Crippen LogP contribution in [0.25, 0.3) is 0 Å². The van der Waals surface area contributed by atoms with Crippen LogP contribution in [0.4, 0.5) is 14.9 Å². The Morgan fingerprint density at radius 3 is 2.34 bits per heavy atom. The maximum Gasteiger partial charge on any atom is 0.337 e. The molecule has 1 fully saturated rings. The number of amides is 3. The minimum Gasteiger partial charge on any atom is -0.497 e. The van der Waals surface area contributed by atoms with Gasteiger partial charge in [-0.3, -0.25) is 4.79 Å². The largest absolute Gasteiger partial charge is 0.497 e. The van der Waals surface area contributed by atoms with Gasteiger partial charge in [0.25, 0.3) is 0 Å². The number of esters is 1. The summed E-state index contributed by atoms with van der Waals surface area (Å²) < 4.78 is 51.4. The van der Waals surface area contributed by atoms with Crippen molar-refractivity contribution in [1.29, 1.82) is 0 Å². The molecule has 0 aromatic heterocycles. The molecule has 1 aliphatic heterocycles. The second-order valence-corrected chi connectivity index (χ2v) is 11.0. The number of carbonyl (C=O) groups is 3. The number of carbonyl (C=O) groups excluding carboxylic acids is 3. The van der Waals surface area contributed by atoms with E-state index in [0.29, 0.717) is 17.0 Å². The number of nitrogens with zero attached hydrogens (tertiary/aromatic N) is 2. The Hall–Kier alpha value is -4.49. The summed E-state index contributed by atoms with van der Waals surface area (Å²) in [5, 5.41) is 5.45. The summed E-state index contributed by atoms with van der Waals surface area (Å²) >= 11 is 0. The van der Waals surface area contributed by atoms with Crippen LogP contribution in [0.2, 0.25) is 0 Å². The second kappa shape index (κ2) is 12.8. The van der Waals surface area contributed by atoms with Crippen LogP contribution in [-0.2, 0) is 26.1 Å². The predicted octanol–water partition coefficient (Wildman–Crippen LogP) is 2.84. The molecule has 3 aromatic rings. The molecule has 1 unspecified atom stereocenters. The zero-order valence-corrected chi connectivity index (χ0v) is 23.2. The molecular weight excluding hydrogens is 555 g/mol. The van der Waals surface area contributed by atoms with Gasteiger partial charge in [-0.25, -0.2) is 22.4 Å². The van der Waals surface area contributed by atoms with E-state index < -0.39 is 39.8 Å². The highest BCUT2D eigenvalue weighted by molar-refractivity contribution is 7.89. The van der Waals surface area contributed by atoms with Gasteiger partial charge in [0.15, 0.2) is 0 Å². The molecule has 11 nitrogen and oxygen atoms in total. The first-order valence-electron chi connectivity index (χ1n) is 12.5. The number of hydrogen-bond acceptors (Lipinski definition) is 7. The number of urea groups is 1. The Labute approximate surface area is 236 Å². The van der Waals surface area contributed by atoms with Gasteiger partial charge in [0.1, 0.15) is 17.6 Å². The van der Waals surface area contributed by atoms with Gasteiger partial charge in [-0.2, -0.15) is 4.31 Å². The SMILES string of the molecule is COC(=O)c1ccc(NC(=O)N2CCN(S(=O)(=O)c3ccc(F)cc3)C(C(=O)NCc3cccc(OC)c3)C2)cc1. The minimum absolute atomic E-state index is 0.00777. The van der Waals surface area contributed by atoms with E-state index in [1.54, 1.807) is 24.3 Å². The van der Waals surface area contributed by atoms with Gasteiger partial charge in [-0.05, 0) is 66.2 Å². The molecule has 0 bridgehead atoms. The minimum atomic E-state index is -4.21. The fourth-order valence-electron chi connectivity index (χ4n) is 4.29. The first-order valence-corrected chi connectivity index (χ1v) is 14.0. The van der Waals surface area contributed by atoms with Crippen molar-refractivity contribution in [3.8, 4) is 5.75 Å². The Morgan fingerprint density at radius 2 is 1.68 bits per heavy atom. The average molecular weight is 585 g/mol. The third kappa shape index (κ3) is 6.99. The number of piperazine rings is 1. The molecule has 0 spiro atoms. The molecule has 0 radical (unpaired) electrons. The zero-order valence-electron chi connectivity index (χ0n) is 22.4. The molecule has 4 rings (SSSR count). The van der Waals surface area contributed by atoms with Crippen LogP contribution >= 0.6 is 0 Å². The Balaban J connectivity index is 1.53. The Bertz CT molecular complexity index is 1520. The van der Waals surface area contributed by atoms with Crippen LogP contribution in [-0.4, -0.2) is 75.4 Å². The monoisotopic (exact) mass is 584 g/mol. The summed E-state index contributed by atoms with van der Waals surface area (Å²) in [4.78, 5) is 39.3. The predicted molar refractivity (Wildman–Crippen MR) is 147 cm³/mol. The van der Waals surface area contributed by atoms with E-state index in [-0.39, 0.29) is 31.1 Å². The summed E-state index contributed by atoms with van der Waals surface area (Å²) in [5.74, 6) is -1.14. The molecule has 0 saturated carbocycles. The van der Waals surface area contributed by atoms with Crippen molar-refractivity contribution in [2.45, 2.75) is 17.5 Å². The van der Waals surface area contributed by atoms with Crippen LogP contribution in [0.5, 0.6) is 5.75 Å². The first-order chi connectivity index (χ1) is 19.6. The van der Waals surface area contributed by atoms with Crippen LogP contribution in [0.3, 0.4) is 0 Å². The Kier molecular flexibility index (Phi) is 9.20. The van der Waals surface area contributed by atoms with E-state index in [9.17, 15) is 27.2 Å². The number of benzene rings is 3. The number of anilines is 1. The number of rotatable bonds is 8. The van der Waals surface area contributed by atoms with E-state index in [1.165, 1.54) is 43.4 Å². The maximum atomic E-state index is 13.5. The summed E-state index contributed by atoms with van der Waals surface area (Å²) in [6, 6.07) is 15.6. The van der Waals surface area contributed by atoms with E-state index in [4.69, 9.17) is 4.74 Å². The average Bonchev–Trinajstić information content (AvgIpc) is 2.99. The number of hydrogen-bond donors (Lipinski definition) is 2. The quantitative estimate of drug-likeness (QED) is 0.389. The van der Waals surface area contributed by atoms with Gasteiger partial charge < -0.3 is 25.0 Å². The molecule has 1 atom stereocenters. The topological polar surface area (TPSA) is 134 Å². The van der Waals surface area contributed by atoms with Crippen molar-refractivity contribution >= 4 is 33.6 Å². The Morgan fingerprint density at radius 1 is 0.976 bits per heavy atom. The fourth-order valence-corrected chi connectivity index (χ4v) is 5.86. The number of halogens is 1. The van der Waals surface area contributed by atoms with E-state index in [0.717, 1.165) is 34.1 Å². The summed E-state index contributed by atoms with van der Waals surface area (Å²) in [6.07, 6.45) is 0. The lowest BCUT2D eigenvalue weighted by molar-refractivity contribution is -0.126. The van der Waals surface area contributed by atoms with Crippen LogP contribution in [0, 0.1) is 5.82 Å². The normalized spacial score (nSPS) is 15.6. The van der Waals surface area contributed by atoms with Crippen LogP contribution in [0.15, 0.2) is 77.7 Å². The van der Waals surface area contributed by atoms with Crippen molar-refractivity contribution in [2.24, 2.45) is 0 Å². The van der Waals surface area contributed by atoms with Gasteiger partial charge in [0, 0.05) is 31.9 Å². The van der Waals surface area contributed by atoms with E-state index >= 15 is 0 Å². The highest BCUT2D eigenvalue weighted by atomic mass is 32.2. The third-order valence-electron chi connectivity index (χ3n) is 6.50. The number of methoxy groups -OCH3 is 2. The third-order valence-corrected chi connectivity index (χ3v) is 8.42. The molecular formula is C28H29FN4O7S. The fraction of sp³-hybridized carbons (Fsp3) is 0.250. The lowest BCUT2D eigenvalue weighted by Gasteiger charge is -2.39. The van der Waals surface area contributed by atoms with Crippen molar-refractivity contribution in [1.82, 2.24) is 14.5 Å². The molecule has 3 aromatic carbocycles.